The molecule has 1 saturated heterocycles. The highest BCUT2D eigenvalue weighted by Crippen LogP contribution is 2.20. The van der Waals surface area contributed by atoms with Gasteiger partial charge in [-0.2, -0.15) is 4.99 Å². The number of furan rings is 1. The van der Waals surface area contributed by atoms with Crippen molar-refractivity contribution in [3.05, 3.63) is 75.4 Å². The Morgan fingerprint density at radius 2 is 2.14 bits per heavy atom. The molecule has 3 heterocycles. The number of likely N-dealkylation sites (tertiary alicyclic amines) is 1. The van der Waals surface area contributed by atoms with Gasteiger partial charge in [-0.05, 0) is 30.5 Å². The number of carbonyl (C=O) groups excluding carboxylic acids is 2. The average Bonchev–Trinajstić information content (AvgIpc) is 3.42. The monoisotopic (exact) mass is 429 g/mol. The van der Waals surface area contributed by atoms with Gasteiger partial charge in [-0.1, -0.05) is 29.8 Å². The van der Waals surface area contributed by atoms with Crippen LogP contribution < -0.4 is 4.80 Å². The molecule has 2 aromatic heterocycles. The summed E-state index contributed by atoms with van der Waals surface area (Å²) in [5.74, 6) is -0.596. The summed E-state index contributed by atoms with van der Waals surface area (Å²) in [6.45, 7) is 1.56. The van der Waals surface area contributed by atoms with Crippen LogP contribution in [0.4, 0.5) is 0 Å². The summed E-state index contributed by atoms with van der Waals surface area (Å²) in [5.41, 5.74) is 1.47. The number of thiazole rings is 1. The summed E-state index contributed by atoms with van der Waals surface area (Å²) in [5, 5.41) is 2.59. The molecule has 1 aliphatic rings. The minimum Gasteiger partial charge on any atom is -0.472 e. The SMILES string of the molecule is O=C(N=c1sccn1Cc1ccccc1Cl)C1CCCN(C(=O)c2ccoc2)C1. The predicted molar refractivity (Wildman–Crippen MR) is 111 cm³/mol. The first kappa shape index (κ1) is 19.7. The number of aromatic nitrogens is 1. The standard InChI is InChI=1S/C21H20ClN3O3S/c22-18-6-2-1-4-15(18)12-25-9-11-29-21(25)23-19(26)16-5-3-8-24(13-16)20(27)17-7-10-28-14-17/h1-2,4,6-7,9-11,14,16H,3,5,8,12-13H2. The van der Waals surface area contributed by atoms with E-state index in [9.17, 15) is 9.59 Å². The number of rotatable bonds is 4. The summed E-state index contributed by atoms with van der Waals surface area (Å²) >= 11 is 7.67. The molecule has 1 atom stereocenters. The highest BCUT2D eigenvalue weighted by Gasteiger charge is 2.29. The number of carbonyl (C=O) groups is 2. The Hall–Kier alpha value is -2.64. The van der Waals surface area contributed by atoms with Crippen LogP contribution in [0.3, 0.4) is 0 Å². The molecule has 1 aliphatic heterocycles. The molecule has 4 rings (SSSR count). The average molecular weight is 430 g/mol. The molecule has 0 N–H and O–H groups in total. The number of hydrogen-bond donors (Lipinski definition) is 0. The van der Waals surface area contributed by atoms with Gasteiger partial charge in [0.15, 0.2) is 4.80 Å². The highest BCUT2D eigenvalue weighted by molar-refractivity contribution is 7.07. The third-order valence-electron chi connectivity index (χ3n) is 4.99. The Bertz CT molecular complexity index is 1070. The van der Waals surface area contributed by atoms with Crippen molar-refractivity contribution in [1.82, 2.24) is 9.47 Å². The molecule has 0 aliphatic carbocycles. The second-order valence-electron chi connectivity index (χ2n) is 6.96. The smallest absolute Gasteiger partial charge is 0.257 e. The zero-order chi connectivity index (χ0) is 20.2. The molecule has 0 bridgehead atoms. The first-order chi connectivity index (χ1) is 14.1. The van der Waals surface area contributed by atoms with E-state index in [0.29, 0.717) is 35.0 Å². The lowest BCUT2D eigenvalue weighted by molar-refractivity contribution is -0.123. The lowest BCUT2D eigenvalue weighted by atomic mass is 9.97. The zero-order valence-corrected chi connectivity index (χ0v) is 17.2. The van der Waals surface area contributed by atoms with Crippen LogP contribution in [0.2, 0.25) is 5.02 Å². The van der Waals surface area contributed by atoms with E-state index in [1.165, 1.54) is 23.9 Å². The number of nitrogens with zero attached hydrogens (tertiary/aromatic N) is 3. The van der Waals surface area contributed by atoms with Crippen molar-refractivity contribution in [2.45, 2.75) is 19.4 Å². The minimum atomic E-state index is -0.296. The lowest BCUT2D eigenvalue weighted by Crippen LogP contribution is -2.42. The third kappa shape index (κ3) is 4.52. The van der Waals surface area contributed by atoms with Crippen molar-refractivity contribution in [1.29, 1.82) is 0 Å². The van der Waals surface area contributed by atoms with Gasteiger partial charge in [-0.3, -0.25) is 9.59 Å². The van der Waals surface area contributed by atoms with Crippen LogP contribution in [0.1, 0.15) is 28.8 Å². The van der Waals surface area contributed by atoms with Gasteiger partial charge < -0.3 is 13.9 Å². The Morgan fingerprint density at radius 1 is 1.28 bits per heavy atom. The summed E-state index contributed by atoms with van der Waals surface area (Å²) < 4.78 is 6.92. The molecule has 2 amide bonds. The topological polar surface area (TPSA) is 67.8 Å². The van der Waals surface area contributed by atoms with Crippen LogP contribution >= 0.6 is 22.9 Å². The summed E-state index contributed by atoms with van der Waals surface area (Å²) in [6.07, 6.45) is 6.31. The summed E-state index contributed by atoms with van der Waals surface area (Å²) in [6, 6.07) is 9.27. The molecule has 0 radical (unpaired) electrons. The van der Waals surface area contributed by atoms with Crippen LogP contribution in [0.15, 0.2) is 63.8 Å². The molecule has 1 unspecified atom stereocenters. The van der Waals surface area contributed by atoms with E-state index in [4.69, 9.17) is 16.0 Å². The molecule has 1 aromatic carbocycles. The van der Waals surface area contributed by atoms with E-state index in [1.807, 2.05) is 40.4 Å². The Labute approximate surface area is 177 Å². The van der Waals surface area contributed by atoms with Crippen LogP contribution in [-0.4, -0.2) is 34.4 Å². The zero-order valence-electron chi connectivity index (χ0n) is 15.7. The van der Waals surface area contributed by atoms with Gasteiger partial charge >= 0.3 is 0 Å². The first-order valence-electron chi connectivity index (χ1n) is 9.39. The molecule has 6 nitrogen and oxygen atoms in total. The molecule has 0 saturated carbocycles. The van der Waals surface area contributed by atoms with Crippen molar-refractivity contribution in [3.8, 4) is 0 Å². The van der Waals surface area contributed by atoms with Crippen molar-refractivity contribution >= 4 is 34.8 Å². The van der Waals surface area contributed by atoms with Crippen molar-refractivity contribution in [3.63, 3.8) is 0 Å². The van der Waals surface area contributed by atoms with Gasteiger partial charge in [-0.15, -0.1) is 11.3 Å². The van der Waals surface area contributed by atoms with E-state index in [2.05, 4.69) is 4.99 Å². The van der Waals surface area contributed by atoms with Gasteiger partial charge in [0.25, 0.3) is 11.8 Å². The van der Waals surface area contributed by atoms with E-state index in [1.54, 1.807) is 11.0 Å². The fourth-order valence-electron chi connectivity index (χ4n) is 3.43. The van der Waals surface area contributed by atoms with Gasteiger partial charge in [0, 0.05) is 29.7 Å². The number of hydrogen-bond acceptors (Lipinski definition) is 4. The fraction of sp³-hybridized carbons (Fsp3) is 0.286. The molecule has 8 heteroatoms. The molecule has 1 fully saturated rings. The van der Waals surface area contributed by atoms with Gasteiger partial charge in [0.1, 0.15) is 6.26 Å². The Morgan fingerprint density at radius 3 is 2.93 bits per heavy atom. The third-order valence-corrected chi connectivity index (χ3v) is 6.15. The Balaban J connectivity index is 1.49. The van der Waals surface area contributed by atoms with Crippen LogP contribution in [0, 0.1) is 5.92 Å². The second kappa shape index (κ2) is 8.80. The normalized spacial score (nSPS) is 17.5. The van der Waals surface area contributed by atoms with E-state index >= 15 is 0 Å². The van der Waals surface area contributed by atoms with Crippen LogP contribution in [0.25, 0.3) is 0 Å². The largest absolute Gasteiger partial charge is 0.472 e. The molecule has 150 valence electrons. The highest BCUT2D eigenvalue weighted by atomic mass is 35.5. The number of piperidine rings is 1. The number of benzene rings is 1. The maximum atomic E-state index is 12.8. The second-order valence-corrected chi connectivity index (χ2v) is 8.24. The van der Waals surface area contributed by atoms with E-state index < -0.39 is 0 Å². The first-order valence-corrected chi connectivity index (χ1v) is 10.6. The molecular weight excluding hydrogens is 410 g/mol. The quantitative estimate of drug-likeness (QED) is 0.633. The minimum absolute atomic E-state index is 0.110. The van der Waals surface area contributed by atoms with E-state index in [0.717, 1.165) is 18.4 Å². The summed E-state index contributed by atoms with van der Waals surface area (Å²) in [7, 11) is 0. The Kier molecular flexibility index (Phi) is 5.97. The molecular formula is C21H20ClN3O3S. The van der Waals surface area contributed by atoms with Crippen LogP contribution in [-0.2, 0) is 11.3 Å². The number of amides is 2. The lowest BCUT2D eigenvalue weighted by Gasteiger charge is -2.30. The van der Waals surface area contributed by atoms with Gasteiger partial charge in [0.2, 0.25) is 0 Å². The van der Waals surface area contributed by atoms with Gasteiger partial charge in [0.05, 0.1) is 24.3 Å². The number of halogens is 1. The van der Waals surface area contributed by atoms with Crippen molar-refractivity contribution < 1.29 is 14.0 Å². The van der Waals surface area contributed by atoms with E-state index in [-0.39, 0.29) is 17.7 Å². The van der Waals surface area contributed by atoms with Crippen molar-refractivity contribution in [2.75, 3.05) is 13.1 Å². The maximum absolute atomic E-state index is 12.8. The van der Waals surface area contributed by atoms with Crippen molar-refractivity contribution in [2.24, 2.45) is 10.9 Å². The molecule has 0 spiro atoms. The molecule has 3 aromatic rings. The fourth-order valence-corrected chi connectivity index (χ4v) is 4.36. The van der Waals surface area contributed by atoms with Crippen LogP contribution in [0.5, 0.6) is 0 Å². The summed E-state index contributed by atoms with van der Waals surface area (Å²) in [4.78, 5) is 32.1. The van der Waals surface area contributed by atoms with Gasteiger partial charge in [-0.25, -0.2) is 0 Å². The molecule has 29 heavy (non-hydrogen) atoms. The maximum Gasteiger partial charge on any atom is 0.257 e. The predicted octanol–water partition coefficient (Wildman–Crippen LogP) is 3.82.